The zero-order valence-corrected chi connectivity index (χ0v) is 11.4. The first kappa shape index (κ1) is 13.5. The van der Waals surface area contributed by atoms with E-state index in [9.17, 15) is 15.0 Å². The summed E-state index contributed by atoms with van der Waals surface area (Å²) in [6.07, 6.45) is -0.672. The molecule has 0 saturated heterocycles. The Hall–Kier alpha value is -1.92. The molecule has 0 fully saturated rings. The van der Waals surface area contributed by atoms with E-state index >= 15 is 0 Å². The molecule has 100 valence electrons. The van der Waals surface area contributed by atoms with Crippen molar-refractivity contribution >= 4 is 22.4 Å². The molecule has 0 bridgehead atoms. The van der Waals surface area contributed by atoms with Crippen molar-refractivity contribution in [2.75, 3.05) is 5.32 Å². The summed E-state index contributed by atoms with van der Waals surface area (Å²) >= 11 is 1.23. The van der Waals surface area contributed by atoms with Crippen LogP contribution in [-0.2, 0) is 0 Å². The smallest absolute Gasteiger partial charge is 0.261 e. The van der Waals surface area contributed by atoms with Gasteiger partial charge in [-0.15, -0.1) is 11.3 Å². The maximum absolute atomic E-state index is 12.0. The predicted molar refractivity (Wildman–Crippen MR) is 73.5 cm³/mol. The van der Waals surface area contributed by atoms with Gasteiger partial charge in [-0.2, -0.15) is 0 Å². The fourth-order valence-electron chi connectivity index (χ4n) is 1.53. The Morgan fingerprint density at radius 3 is 2.84 bits per heavy atom. The fraction of sp³-hybridized carbons (Fsp3) is 0.231. The Balaban J connectivity index is 2.18. The van der Waals surface area contributed by atoms with Gasteiger partial charge < -0.3 is 10.2 Å². The zero-order valence-electron chi connectivity index (χ0n) is 10.5. The number of hydrogen-bond donors (Lipinski definition) is 3. The molecule has 19 heavy (non-hydrogen) atoms. The second kappa shape index (κ2) is 5.38. The molecule has 5 nitrogen and oxygen atoms in total. The summed E-state index contributed by atoms with van der Waals surface area (Å²) in [5.41, 5.74) is 1.59. The van der Waals surface area contributed by atoms with E-state index in [-0.39, 0.29) is 11.3 Å². The Labute approximate surface area is 114 Å². The highest BCUT2D eigenvalue weighted by Crippen LogP contribution is 2.23. The molecular formula is C13H14N2O3S. The van der Waals surface area contributed by atoms with E-state index in [2.05, 4.69) is 10.3 Å². The zero-order chi connectivity index (χ0) is 14.0. The summed E-state index contributed by atoms with van der Waals surface area (Å²) < 4.78 is 0. The molecule has 1 aromatic heterocycles. The van der Waals surface area contributed by atoms with Crippen LogP contribution >= 0.6 is 11.3 Å². The number of carbonyl (C=O) groups is 1. The summed E-state index contributed by atoms with van der Waals surface area (Å²) in [5, 5.41) is 23.7. The van der Waals surface area contributed by atoms with Crippen molar-refractivity contribution in [2.45, 2.75) is 20.0 Å². The molecule has 0 aliphatic rings. The maximum atomic E-state index is 12.0. The number of nitrogens with one attached hydrogen (secondary N) is 1. The lowest BCUT2D eigenvalue weighted by molar-refractivity contribution is 0.102. The van der Waals surface area contributed by atoms with Crippen LogP contribution in [0.3, 0.4) is 0 Å². The first-order chi connectivity index (χ1) is 8.97. The van der Waals surface area contributed by atoms with Crippen LogP contribution in [-0.4, -0.2) is 21.1 Å². The molecule has 6 heteroatoms. The molecule has 3 N–H and O–H groups in total. The SMILES string of the molecule is Cc1ccc(O)c(C(=O)Nc2nc(C(C)O)cs2)c1. The number of rotatable bonds is 3. The van der Waals surface area contributed by atoms with Gasteiger partial charge in [-0.05, 0) is 26.0 Å². The third-order valence-corrected chi connectivity index (χ3v) is 3.34. The molecule has 1 amide bonds. The molecule has 0 radical (unpaired) electrons. The number of hydrogen-bond acceptors (Lipinski definition) is 5. The lowest BCUT2D eigenvalue weighted by Gasteiger charge is -2.05. The fourth-order valence-corrected chi connectivity index (χ4v) is 2.32. The number of aryl methyl sites for hydroxylation is 1. The molecule has 1 heterocycles. The van der Waals surface area contributed by atoms with Gasteiger partial charge in [0.05, 0.1) is 17.4 Å². The Kier molecular flexibility index (Phi) is 3.82. The molecule has 1 atom stereocenters. The normalized spacial score (nSPS) is 12.2. The molecule has 2 aromatic rings. The molecule has 0 aliphatic carbocycles. The van der Waals surface area contributed by atoms with Crippen LogP contribution in [0.15, 0.2) is 23.6 Å². The highest BCUT2D eigenvalue weighted by atomic mass is 32.1. The summed E-state index contributed by atoms with van der Waals surface area (Å²) in [4.78, 5) is 16.1. The van der Waals surface area contributed by atoms with E-state index in [1.165, 1.54) is 17.4 Å². The van der Waals surface area contributed by atoms with Gasteiger partial charge in [0.1, 0.15) is 5.75 Å². The third-order valence-electron chi connectivity index (χ3n) is 2.57. The monoisotopic (exact) mass is 278 g/mol. The summed E-state index contributed by atoms with van der Waals surface area (Å²) in [6.45, 7) is 3.44. The number of phenolic OH excluding ortho intramolecular Hbond substituents is 1. The topological polar surface area (TPSA) is 82.5 Å². The average molecular weight is 278 g/mol. The van der Waals surface area contributed by atoms with Crippen molar-refractivity contribution in [3.05, 3.63) is 40.4 Å². The number of phenols is 1. The van der Waals surface area contributed by atoms with Crippen LogP contribution in [0.5, 0.6) is 5.75 Å². The lowest BCUT2D eigenvalue weighted by Crippen LogP contribution is -2.12. The summed E-state index contributed by atoms with van der Waals surface area (Å²) in [5.74, 6) is -0.497. The maximum Gasteiger partial charge on any atom is 0.261 e. The van der Waals surface area contributed by atoms with Crippen molar-refractivity contribution in [1.82, 2.24) is 4.98 Å². The van der Waals surface area contributed by atoms with Gasteiger partial charge in [-0.25, -0.2) is 4.98 Å². The quantitative estimate of drug-likeness (QED) is 0.805. The highest BCUT2D eigenvalue weighted by Gasteiger charge is 2.14. The number of aliphatic hydroxyl groups excluding tert-OH is 1. The van der Waals surface area contributed by atoms with E-state index in [1.54, 1.807) is 24.4 Å². The standard InChI is InChI=1S/C13H14N2O3S/c1-7-3-4-11(17)9(5-7)12(18)15-13-14-10(6-19-13)8(2)16/h3-6,8,16-17H,1-2H3,(H,14,15,18). The number of carbonyl (C=O) groups excluding carboxylic acids is 1. The van der Waals surface area contributed by atoms with Gasteiger partial charge in [0, 0.05) is 5.38 Å². The molecular weight excluding hydrogens is 264 g/mol. The van der Waals surface area contributed by atoms with Gasteiger partial charge in [-0.3, -0.25) is 10.1 Å². The van der Waals surface area contributed by atoms with Crippen LogP contribution in [0, 0.1) is 6.92 Å². The average Bonchev–Trinajstić information content (AvgIpc) is 2.80. The van der Waals surface area contributed by atoms with Gasteiger partial charge in [-0.1, -0.05) is 11.6 Å². The van der Waals surface area contributed by atoms with Crippen LogP contribution in [0.1, 0.15) is 34.6 Å². The number of aliphatic hydroxyl groups is 1. The minimum Gasteiger partial charge on any atom is -0.507 e. The summed E-state index contributed by atoms with van der Waals surface area (Å²) in [6, 6.07) is 4.81. The van der Waals surface area contributed by atoms with Crippen LogP contribution in [0.2, 0.25) is 0 Å². The minimum absolute atomic E-state index is 0.0737. The minimum atomic E-state index is -0.672. The second-order valence-corrected chi connectivity index (χ2v) is 5.09. The summed E-state index contributed by atoms with van der Waals surface area (Å²) in [7, 11) is 0. The molecule has 1 aromatic carbocycles. The Morgan fingerprint density at radius 2 is 2.21 bits per heavy atom. The number of benzene rings is 1. The highest BCUT2D eigenvalue weighted by molar-refractivity contribution is 7.14. The van der Waals surface area contributed by atoms with Crippen molar-refractivity contribution in [3.8, 4) is 5.75 Å². The van der Waals surface area contributed by atoms with E-state index in [1.807, 2.05) is 6.92 Å². The molecule has 2 rings (SSSR count). The van der Waals surface area contributed by atoms with Gasteiger partial charge in [0.25, 0.3) is 5.91 Å². The Bertz CT molecular complexity index is 608. The van der Waals surface area contributed by atoms with Crippen molar-refractivity contribution in [3.63, 3.8) is 0 Å². The van der Waals surface area contributed by atoms with E-state index in [4.69, 9.17) is 0 Å². The molecule has 1 unspecified atom stereocenters. The predicted octanol–water partition coefficient (Wildman–Crippen LogP) is 2.46. The van der Waals surface area contributed by atoms with Crippen LogP contribution in [0.4, 0.5) is 5.13 Å². The Morgan fingerprint density at radius 1 is 1.47 bits per heavy atom. The molecule has 0 saturated carbocycles. The van der Waals surface area contributed by atoms with Crippen molar-refractivity contribution < 1.29 is 15.0 Å². The molecule has 0 spiro atoms. The lowest BCUT2D eigenvalue weighted by atomic mass is 10.1. The van der Waals surface area contributed by atoms with Crippen LogP contribution < -0.4 is 5.32 Å². The first-order valence-corrected chi connectivity index (χ1v) is 6.60. The van der Waals surface area contributed by atoms with Gasteiger partial charge >= 0.3 is 0 Å². The van der Waals surface area contributed by atoms with Crippen molar-refractivity contribution in [1.29, 1.82) is 0 Å². The number of aromatic hydroxyl groups is 1. The first-order valence-electron chi connectivity index (χ1n) is 5.72. The van der Waals surface area contributed by atoms with Crippen LogP contribution in [0.25, 0.3) is 0 Å². The van der Waals surface area contributed by atoms with Gasteiger partial charge in [0.2, 0.25) is 0 Å². The number of aromatic nitrogens is 1. The van der Waals surface area contributed by atoms with Gasteiger partial charge in [0.15, 0.2) is 5.13 Å². The number of thiazole rings is 1. The van der Waals surface area contributed by atoms with E-state index < -0.39 is 12.0 Å². The van der Waals surface area contributed by atoms with E-state index in [0.717, 1.165) is 5.56 Å². The number of anilines is 1. The van der Waals surface area contributed by atoms with E-state index in [0.29, 0.717) is 10.8 Å². The number of amides is 1. The van der Waals surface area contributed by atoms with Crippen molar-refractivity contribution in [2.24, 2.45) is 0 Å². The molecule has 0 aliphatic heterocycles. The number of nitrogens with zero attached hydrogens (tertiary/aromatic N) is 1. The largest absolute Gasteiger partial charge is 0.507 e. The second-order valence-electron chi connectivity index (χ2n) is 4.23. The third kappa shape index (κ3) is 3.10.